The van der Waals surface area contributed by atoms with E-state index in [-0.39, 0.29) is 20.0 Å². The standard InChI is InChI=1S/C6H5Cl2.BrH.Mg/c7-5-2-1-3-6(8)4-5;;/h1-2,4H,3H2;1H;/q;;+1/p-1. The SMILES string of the molecule is [Br-].[Mg+][C]1(Cl)C=C(Cl)C=CC1. The molecule has 0 spiro atoms. The van der Waals surface area contributed by atoms with Gasteiger partial charge in [-0.25, -0.2) is 0 Å². The Morgan fingerprint density at radius 3 is 2.50 bits per heavy atom. The molecule has 4 heteroatoms. The summed E-state index contributed by atoms with van der Waals surface area (Å²) in [6.45, 7) is 0. The van der Waals surface area contributed by atoms with Crippen molar-refractivity contribution in [1.82, 2.24) is 0 Å². The molecule has 0 saturated carbocycles. The van der Waals surface area contributed by atoms with Gasteiger partial charge in [-0.3, -0.25) is 0 Å². The molecule has 52 valence electrons. The Bertz CT molecular complexity index is 175. The fraction of sp³-hybridized carbons (Fsp3) is 0.333. The second-order valence-corrected chi connectivity index (χ2v) is 5.07. The Balaban J connectivity index is 0.000000810. The van der Waals surface area contributed by atoms with E-state index in [2.05, 4.69) is 0 Å². The molecule has 0 nitrogen and oxygen atoms in total. The van der Waals surface area contributed by atoms with Gasteiger partial charge in [0.2, 0.25) is 0 Å². The summed E-state index contributed by atoms with van der Waals surface area (Å²) >= 11 is 13.4. The van der Waals surface area contributed by atoms with Crippen molar-refractivity contribution in [2.75, 3.05) is 0 Å². The monoisotopic (exact) mass is 250 g/mol. The molecule has 0 heterocycles. The summed E-state index contributed by atoms with van der Waals surface area (Å²) in [5.41, 5.74) is 0. The van der Waals surface area contributed by atoms with Crippen LogP contribution in [0.15, 0.2) is 23.3 Å². The second-order valence-electron chi connectivity index (χ2n) is 2.17. The summed E-state index contributed by atoms with van der Waals surface area (Å²) in [4.78, 5) is 0. The molecule has 0 amide bonds. The maximum atomic E-state index is 5.97. The van der Waals surface area contributed by atoms with Gasteiger partial charge in [0.1, 0.15) is 0 Å². The normalized spacial score (nSPS) is 31.0. The van der Waals surface area contributed by atoms with Gasteiger partial charge < -0.3 is 17.0 Å². The number of rotatable bonds is 0. The van der Waals surface area contributed by atoms with Crippen molar-refractivity contribution in [2.24, 2.45) is 0 Å². The molecule has 1 aliphatic carbocycles. The minimum atomic E-state index is -0.230. The van der Waals surface area contributed by atoms with Gasteiger partial charge in [0.25, 0.3) is 0 Å². The Morgan fingerprint density at radius 2 is 2.20 bits per heavy atom. The summed E-state index contributed by atoms with van der Waals surface area (Å²) < 4.78 is -0.230. The van der Waals surface area contributed by atoms with Crippen LogP contribution < -0.4 is 17.0 Å². The predicted molar refractivity (Wildman–Crippen MR) is 42.0 cm³/mol. The van der Waals surface area contributed by atoms with E-state index in [9.17, 15) is 0 Å². The molecule has 0 aromatic rings. The molecular weight excluding hydrogens is 247 g/mol. The average Bonchev–Trinajstić information content (AvgIpc) is 1.60. The van der Waals surface area contributed by atoms with Gasteiger partial charge in [0.05, 0.1) is 0 Å². The number of hydrogen-bond acceptors (Lipinski definition) is 0. The van der Waals surface area contributed by atoms with Crippen LogP contribution in [0.5, 0.6) is 0 Å². The van der Waals surface area contributed by atoms with Crippen LogP contribution >= 0.6 is 23.2 Å². The predicted octanol–water partition coefficient (Wildman–Crippen LogP) is -0.823. The van der Waals surface area contributed by atoms with E-state index in [1.165, 1.54) is 0 Å². The van der Waals surface area contributed by atoms with Gasteiger partial charge in [-0.15, -0.1) is 0 Å². The van der Waals surface area contributed by atoms with Crippen molar-refractivity contribution < 1.29 is 17.0 Å². The van der Waals surface area contributed by atoms with Crippen molar-refractivity contribution in [3.63, 3.8) is 0 Å². The number of alkyl halides is 1. The van der Waals surface area contributed by atoms with Gasteiger partial charge in [0.15, 0.2) is 0 Å². The van der Waals surface area contributed by atoms with Crippen molar-refractivity contribution >= 4 is 44.9 Å². The first-order chi connectivity index (χ1) is 4.10. The van der Waals surface area contributed by atoms with E-state index < -0.39 is 0 Å². The molecule has 0 aromatic carbocycles. The summed E-state index contributed by atoms with van der Waals surface area (Å²) in [7, 11) is 0. The van der Waals surface area contributed by atoms with Crippen LogP contribution in [-0.2, 0) is 0 Å². The van der Waals surface area contributed by atoms with Crippen LogP contribution in [0.3, 0.4) is 0 Å². The van der Waals surface area contributed by atoms with E-state index in [0.29, 0.717) is 0 Å². The molecule has 1 unspecified atom stereocenters. The molecule has 0 aliphatic heterocycles. The minimum absolute atomic E-state index is 0. The Labute approximate surface area is 93.9 Å². The molecule has 1 aliphatic rings. The molecule has 0 radical (unpaired) electrons. The van der Waals surface area contributed by atoms with E-state index in [1.54, 1.807) is 21.7 Å². The molecule has 1 atom stereocenters. The molecular formula is C6H5BrCl2Mg. The quantitative estimate of drug-likeness (QED) is 0.390. The third kappa shape index (κ3) is 3.63. The van der Waals surface area contributed by atoms with Gasteiger partial charge in [-0.05, 0) is 0 Å². The zero-order chi connectivity index (χ0) is 6.91. The first kappa shape index (κ1) is 11.3. The zero-order valence-corrected chi connectivity index (χ0v) is 9.79. The Kier molecular flexibility index (Phi) is 4.93. The first-order valence-electron chi connectivity index (χ1n) is 2.69. The van der Waals surface area contributed by atoms with Crippen LogP contribution in [-0.4, -0.2) is 24.7 Å². The molecule has 0 saturated heterocycles. The molecule has 10 heavy (non-hydrogen) atoms. The summed E-state index contributed by atoms with van der Waals surface area (Å²) in [5.74, 6) is 0. The average molecular weight is 252 g/mol. The topological polar surface area (TPSA) is 0 Å². The molecule has 1 rings (SSSR count). The third-order valence-electron chi connectivity index (χ3n) is 1.13. The fourth-order valence-corrected chi connectivity index (χ4v) is 1.80. The maximum absolute atomic E-state index is 5.97. The summed E-state index contributed by atoms with van der Waals surface area (Å²) in [5, 5.41) is 0.742. The number of hydrogen-bond donors (Lipinski definition) is 0. The van der Waals surface area contributed by atoms with Crippen LogP contribution in [0.1, 0.15) is 6.42 Å². The second kappa shape index (κ2) is 4.36. The van der Waals surface area contributed by atoms with E-state index in [4.69, 9.17) is 23.2 Å². The fourth-order valence-electron chi connectivity index (χ4n) is 0.722. The Hall–Kier alpha value is 1.31. The van der Waals surface area contributed by atoms with E-state index in [1.807, 2.05) is 18.2 Å². The zero-order valence-electron chi connectivity index (χ0n) is 5.28. The van der Waals surface area contributed by atoms with Crippen LogP contribution in [0.2, 0.25) is 0 Å². The van der Waals surface area contributed by atoms with Crippen molar-refractivity contribution in [1.29, 1.82) is 0 Å². The molecule has 0 fully saturated rings. The van der Waals surface area contributed by atoms with Crippen LogP contribution in [0, 0.1) is 0 Å². The van der Waals surface area contributed by atoms with Crippen LogP contribution in [0.4, 0.5) is 0 Å². The van der Waals surface area contributed by atoms with Gasteiger partial charge >= 0.3 is 77.6 Å². The van der Waals surface area contributed by atoms with E-state index in [0.717, 1.165) is 11.5 Å². The Morgan fingerprint density at radius 1 is 1.60 bits per heavy atom. The molecule has 0 bridgehead atoms. The van der Waals surface area contributed by atoms with Crippen LogP contribution in [0.25, 0.3) is 0 Å². The number of allylic oxidation sites excluding steroid dienone is 4. The molecule has 0 N–H and O–H groups in total. The van der Waals surface area contributed by atoms with Crippen molar-refractivity contribution in [3.8, 4) is 0 Å². The van der Waals surface area contributed by atoms with Gasteiger partial charge in [-0.2, -0.15) is 0 Å². The van der Waals surface area contributed by atoms with Gasteiger partial charge in [0, 0.05) is 0 Å². The van der Waals surface area contributed by atoms with E-state index >= 15 is 0 Å². The molecule has 0 aromatic heterocycles. The van der Waals surface area contributed by atoms with Crippen molar-refractivity contribution in [3.05, 3.63) is 23.3 Å². The van der Waals surface area contributed by atoms with Crippen molar-refractivity contribution in [2.45, 2.75) is 9.42 Å². The summed E-state index contributed by atoms with van der Waals surface area (Å²) in [6.07, 6.45) is 6.61. The van der Waals surface area contributed by atoms with Gasteiger partial charge in [-0.1, -0.05) is 0 Å². The number of halogens is 3. The summed E-state index contributed by atoms with van der Waals surface area (Å²) in [6, 6.07) is 0. The third-order valence-corrected chi connectivity index (χ3v) is 2.12. The first-order valence-corrected chi connectivity index (χ1v) is 4.16.